The highest BCUT2D eigenvalue weighted by Gasteiger charge is 2.36. The summed E-state index contributed by atoms with van der Waals surface area (Å²) in [6.45, 7) is 3.67. The molecule has 0 saturated carbocycles. The monoisotopic (exact) mass is 336 g/mol. The summed E-state index contributed by atoms with van der Waals surface area (Å²) in [4.78, 5) is 21.5. The summed E-state index contributed by atoms with van der Waals surface area (Å²) >= 11 is 0. The lowest BCUT2D eigenvalue weighted by atomic mass is 9.94. The molecule has 2 aromatic rings. The Kier molecular flexibility index (Phi) is 4.40. The summed E-state index contributed by atoms with van der Waals surface area (Å²) in [5, 5.41) is 0. The maximum atomic E-state index is 12.9. The highest BCUT2D eigenvalue weighted by molar-refractivity contribution is 5.94. The van der Waals surface area contributed by atoms with E-state index in [9.17, 15) is 4.79 Å². The molecule has 3 saturated heterocycles. The Morgan fingerprint density at radius 3 is 2.76 bits per heavy atom. The number of nitrogen functional groups attached to an aromatic ring is 1. The molecule has 5 heteroatoms. The van der Waals surface area contributed by atoms with Gasteiger partial charge in [-0.25, -0.2) is 4.98 Å². The first kappa shape index (κ1) is 16.1. The third-order valence-corrected chi connectivity index (χ3v) is 5.37. The van der Waals surface area contributed by atoms with E-state index in [1.54, 1.807) is 18.3 Å². The van der Waals surface area contributed by atoms with Crippen molar-refractivity contribution >= 4 is 11.7 Å². The number of pyridine rings is 1. The number of benzene rings is 1. The number of nitrogens with zero attached hydrogens (tertiary/aromatic N) is 3. The van der Waals surface area contributed by atoms with Crippen LogP contribution in [-0.4, -0.2) is 46.4 Å². The van der Waals surface area contributed by atoms with Crippen LogP contribution in [0.4, 0.5) is 5.82 Å². The molecular formula is C20H24N4O. The van der Waals surface area contributed by atoms with Crippen molar-refractivity contribution in [3.63, 3.8) is 0 Å². The number of hydrogen-bond donors (Lipinski definition) is 1. The van der Waals surface area contributed by atoms with E-state index in [0.717, 1.165) is 26.2 Å². The molecule has 4 heterocycles. The number of aromatic nitrogens is 1. The summed E-state index contributed by atoms with van der Waals surface area (Å²) in [7, 11) is 0. The van der Waals surface area contributed by atoms with Crippen molar-refractivity contribution in [3.8, 4) is 0 Å². The number of rotatable bonds is 3. The van der Waals surface area contributed by atoms with Gasteiger partial charge < -0.3 is 10.6 Å². The van der Waals surface area contributed by atoms with Crippen molar-refractivity contribution in [2.75, 3.05) is 25.4 Å². The van der Waals surface area contributed by atoms with Crippen LogP contribution >= 0.6 is 0 Å². The first-order valence-corrected chi connectivity index (χ1v) is 8.98. The number of fused-ring (bicyclic) bond motifs is 4. The number of anilines is 1. The van der Waals surface area contributed by atoms with Crippen LogP contribution in [0.5, 0.6) is 0 Å². The van der Waals surface area contributed by atoms with E-state index in [0.29, 0.717) is 23.3 Å². The standard InChI is InChI=1S/C20H24N4O/c21-19-10-17(8-9-22-19)20(25)24-13-16-6-7-18(14-24)23(12-16)11-15-4-2-1-3-5-15/h1-5,8-10,16,18H,6-7,11-14H2,(H2,21,22)/t16-,18-/m0/s1. The van der Waals surface area contributed by atoms with Gasteiger partial charge in [-0.2, -0.15) is 0 Å². The molecular weight excluding hydrogens is 312 g/mol. The molecule has 130 valence electrons. The average Bonchev–Trinajstić information content (AvgIpc) is 2.94. The highest BCUT2D eigenvalue weighted by Crippen LogP contribution is 2.30. The maximum Gasteiger partial charge on any atom is 0.254 e. The number of carbonyl (C=O) groups is 1. The fourth-order valence-corrected chi connectivity index (χ4v) is 4.12. The minimum atomic E-state index is 0.0764. The summed E-state index contributed by atoms with van der Waals surface area (Å²) in [6, 6.07) is 14.5. The fraction of sp³-hybridized carbons (Fsp3) is 0.400. The molecule has 5 nitrogen and oxygen atoms in total. The van der Waals surface area contributed by atoms with Gasteiger partial charge in [0.1, 0.15) is 5.82 Å². The van der Waals surface area contributed by atoms with Gasteiger partial charge in [0.15, 0.2) is 0 Å². The lowest BCUT2D eigenvalue weighted by Gasteiger charge is -2.36. The minimum absolute atomic E-state index is 0.0764. The first-order chi connectivity index (χ1) is 12.2. The third kappa shape index (κ3) is 3.51. The fourth-order valence-electron chi connectivity index (χ4n) is 4.12. The molecule has 0 radical (unpaired) electrons. The number of carbonyl (C=O) groups excluding carboxylic acids is 1. The molecule has 2 atom stereocenters. The Balaban J connectivity index is 1.50. The first-order valence-electron chi connectivity index (χ1n) is 8.98. The lowest BCUT2D eigenvalue weighted by molar-refractivity contribution is 0.0736. The minimum Gasteiger partial charge on any atom is -0.384 e. The maximum absolute atomic E-state index is 12.9. The predicted octanol–water partition coefficient (Wildman–Crippen LogP) is 2.40. The average molecular weight is 336 g/mol. The van der Waals surface area contributed by atoms with E-state index in [1.165, 1.54) is 18.4 Å². The van der Waals surface area contributed by atoms with Gasteiger partial charge in [-0.15, -0.1) is 0 Å². The third-order valence-electron chi connectivity index (χ3n) is 5.37. The number of piperidine rings is 1. The van der Waals surface area contributed by atoms with Gasteiger partial charge in [-0.3, -0.25) is 9.69 Å². The molecule has 2 N–H and O–H groups in total. The van der Waals surface area contributed by atoms with E-state index in [-0.39, 0.29) is 5.91 Å². The van der Waals surface area contributed by atoms with Crippen molar-refractivity contribution in [2.45, 2.75) is 25.4 Å². The van der Waals surface area contributed by atoms with Crippen LogP contribution in [0.25, 0.3) is 0 Å². The SMILES string of the molecule is Nc1cc(C(=O)N2C[C@H]3CC[C@@H](C2)N(Cc2ccccc2)C3)ccn1. The number of amides is 1. The van der Waals surface area contributed by atoms with Crippen molar-refractivity contribution in [1.29, 1.82) is 0 Å². The molecule has 3 fully saturated rings. The van der Waals surface area contributed by atoms with Crippen LogP contribution in [-0.2, 0) is 6.54 Å². The summed E-state index contributed by atoms with van der Waals surface area (Å²) in [5.74, 6) is 1.02. The van der Waals surface area contributed by atoms with Gasteiger partial charge in [-0.05, 0) is 36.5 Å². The quantitative estimate of drug-likeness (QED) is 0.935. The zero-order valence-corrected chi connectivity index (χ0v) is 14.3. The van der Waals surface area contributed by atoms with Gasteiger partial charge in [-0.1, -0.05) is 30.3 Å². The van der Waals surface area contributed by atoms with Crippen LogP contribution in [0.15, 0.2) is 48.7 Å². The van der Waals surface area contributed by atoms with Crippen molar-refractivity contribution in [3.05, 3.63) is 59.8 Å². The van der Waals surface area contributed by atoms with E-state index in [4.69, 9.17) is 5.73 Å². The Labute approximate surface area is 148 Å². The van der Waals surface area contributed by atoms with Crippen LogP contribution in [0.2, 0.25) is 0 Å². The van der Waals surface area contributed by atoms with Crippen molar-refractivity contribution in [2.24, 2.45) is 5.92 Å². The normalized spacial score (nSPS) is 23.4. The molecule has 3 aliphatic rings. The van der Waals surface area contributed by atoms with Gasteiger partial charge in [0, 0.05) is 44.0 Å². The smallest absolute Gasteiger partial charge is 0.254 e. The Morgan fingerprint density at radius 2 is 1.96 bits per heavy atom. The van der Waals surface area contributed by atoms with E-state index in [2.05, 4.69) is 40.2 Å². The van der Waals surface area contributed by atoms with Gasteiger partial charge in [0.05, 0.1) is 0 Å². The largest absolute Gasteiger partial charge is 0.384 e. The highest BCUT2D eigenvalue weighted by atomic mass is 16.2. The van der Waals surface area contributed by atoms with Crippen molar-refractivity contribution < 1.29 is 4.79 Å². The van der Waals surface area contributed by atoms with E-state index >= 15 is 0 Å². The number of hydrogen-bond acceptors (Lipinski definition) is 4. The second-order valence-electron chi connectivity index (χ2n) is 7.19. The predicted molar refractivity (Wildman–Crippen MR) is 97.9 cm³/mol. The second kappa shape index (κ2) is 6.84. The lowest BCUT2D eigenvalue weighted by Crippen LogP contribution is -2.43. The molecule has 1 amide bonds. The van der Waals surface area contributed by atoms with Crippen molar-refractivity contribution in [1.82, 2.24) is 14.8 Å². The zero-order valence-electron chi connectivity index (χ0n) is 14.3. The summed E-state index contributed by atoms with van der Waals surface area (Å²) in [6.07, 6.45) is 3.98. The van der Waals surface area contributed by atoms with Crippen LogP contribution < -0.4 is 5.73 Å². The molecule has 1 aromatic carbocycles. The Hall–Kier alpha value is -2.40. The van der Waals surface area contributed by atoms with Gasteiger partial charge in [0.25, 0.3) is 5.91 Å². The molecule has 25 heavy (non-hydrogen) atoms. The van der Waals surface area contributed by atoms with E-state index < -0.39 is 0 Å². The molecule has 1 aromatic heterocycles. The molecule has 3 aliphatic heterocycles. The zero-order chi connectivity index (χ0) is 17.2. The topological polar surface area (TPSA) is 62.5 Å². The van der Waals surface area contributed by atoms with E-state index in [1.807, 2.05) is 4.90 Å². The Morgan fingerprint density at radius 1 is 1.12 bits per heavy atom. The molecule has 0 unspecified atom stereocenters. The summed E-state index contributed by atoms with van der Waals surface area (Å²) < 4.78 is 0. The van der Waals surface area contributed by atoms with Crippen LogP contribution in [0.3, 0.4) is 0 Å². The molecule has 2 bridgehead atoms. The molecule has 0 spiro atoms. The van der Waals surface area contributed by atoms with Crippen LogP contribution in [0.1, 0.15) is 28.8 Å². The summed E-state index contributed by atoms with van der Waals surface area (Å²) in [5.41, 5.74) is 7.73. The second-order valence-corrected chi connectivity index (χ2v) is 7.19. The molecule has 0 aliphatic carbocycles. The van der Waals surface area contributed by atoms with Gasteiger partial charge in [0.2, 0.25) is 0 Å². The number of nitrogens with two attached hydrogens (primary N) is 1. The Bertz CT molecular complexity index is 748. The van der Waals surface area contributed by atoms with Gasteiger partial charge >= 0.3 is 0 Å². The molecule has 5 rings (SSSR count). The van der Waals surface area contributed by atoms with Crippen LogP contribution in [0, 0.1) is 5.92 Å².